The molecule has 0 unspecified atom stereocenters. The normalized spacial score (nSPS) is 11.2. The molecular formula is C16H16N2O2. The van der Waals surface area contributed by atoms with Crippen LogP contribution in [-0.2, 0) is 11.2 Å². The van der Waals surface area contributed by atoms with Crippen molar-refractivity contribution in [1.29, 1.82) is 0 Å². The summed E-state index contributed by atoms with van der Waals surface area (Å²) in [6, 6.07) is 8.08. The average molecular weight is 268 g/mol. The van der Waals surface area contributed by atoms with Gasteiger partial charge in [0.2, 0.25) is 0 Å². The third-order valence-corrected chi connectivity index (χ3v) is 3.69. The predicted molar refractivity (Wildman–Crippen MR) is 79.1 cm³/mol. The van der Waals surface area contributed by atoms with Gasteiger partial charge in [0.15, 0.2) is 5.69 Å². The molecule has 0 saturated heterocycles. The van der Waals surface area contributed by atoms with Gasteiger partial charge in [0.25, 0.3) is 0 Å². The summed E-state index contributed by atoms with van der Waals surface area (Å²) in [5, 5.41) is 2.18. The molecule has 0 spiro atoms. The molecule has 1 N–H and O–H groups in total. The van der Waals surface area contributed by atoms with Crippen molar-refractivity contribution in [3.05, 3.63) is 41.2 Å². The Bertz CT molecular complexity index is 818. The number of carbonyl (C=O) groups is 1. The van der Waals surface area contributed by atoms with Crippen molar-refractivity contribution >= 4 is 27.8 Å². The first-order chi connectivity index (χ1) is 9.67. The van der Waals surface area contributed by atoms with E-state index in [0.29, 0.717) is 5.69 Å². The molecule has 102 valence electrons. The number of aromatic nitrogens is 2. The summed E-state index contributed by atoms with van der Waals surface area (Å²) in [6.07, 6.45) is 0.758. The minimum absolute atomic E-state index is 0.385. The molecule has 0 saturated carbocycles. The smallest absolute Gasteiger partial charge is 0.356 e. The molecule has 0 amide bonds. The van der Waals surface area contributed by atoms with E-state index in [4.69, 9.17) is 4.74 Å². The summed E-state index contributed by atoms with van der Waals surface area (Å²) in [5.41, 5.74) is 4.23. The van der Waals surface area contributed by atoms with Crippen molar-refractivity contribution < 1.29 is 9.53 Å². The molecule has 0 aliphatic heterocycles. The number of rotatable bonds is 2. The number of fused-ring (bicyclic) bond motifs is 3. The Morgan fingerprint density at radius 1 is 1.35 bits per heavy atom. The van der Waals surface area contributed by atoms with Crippen molar-refractivity contribution in [2.24, 2.45) is 0 Å². The lowest BCUT2D eigenvalue weighted by molar-refractivity contribution is 0.0593. The molecule has 0 fully saturated rings. The van der Waals surface area contributed by atoms with Gasteiger partial charge in [0, 0.05) is 16.3 Å². The topological polar surface area (TPSA) is 55.0 Å². The van der Waals surface area contributed by atoms with E-state index in [2.05, 4.69) is 16.0 Å². The van der Waals surface area contributed by atoms with E-state index < -0.39 is 0 Å². The fourth-order valence-corrected chi connectivity index (χ4v) is 2.69. The maximum atomic E-state index is 11.9. The Morgan fingerprint density at radius 3 is 2.80 bits per heavy atom. The molecule has 1 aromatic carbocycles. The number of aromatic amines is 1. The Balaban J connectivity index is 2.49. The third kappa shape index (κ3) is 1.68. The van der Waals surface area contributed by atoms with Crippen LogP contribution in [-0.4, -0.2) is 23.0 Å². The van der Waals surface area contributed by atoms with E-state index in [0.717, 1.165) is 39.5 Å². The van der Waals surface area contributed by atoms with Gasteiger partial charge in [-0.1, -0.05) is 25.1 Å². The quantitative estimate of drug-likeness (QED) is 0.725. The van der Waals surface area contributed by atoms with Crippen LogP contribution in [0.3, 0.4) is 0 Å². The maximum Gasteiger partial charge on any atom is 0.356 e. The Kier molecular flexibility index (Phi) is 2.93. The second-order valence-electron chi connectivity index (χ2n) is 4.80. The number of benzene rings is 1. The standard InChI is InChI=1S/C16H16N2O2/c1-4-11-15-13(9(2)14(17-11)16(19)20-3)10-7-5-6-8-12(10)18-15/h5-8,18H,4H2,1-3H3. The Labute approximate surface area is 116 Å². The number of aryl methyl sites for hydroxylation is 2. The van der Waals surface area contributed by atoms with Crippen LogP contribution in [0, 0.1) is 6.92 Å². The molecule has 2 aromatic heterocycles. The zero-order valence-corrected chi connectivity index (χ0v) is 11.8. The lowest BCUT2D eigenvalue weighted by Gasteiger charge is -2.08. The van der Waals surface area contributed by atoms with Gasteiger partial charge >= 0.3 is 5.97 Å². The lowest BCUT2D eigenvalue weighted by atomic mass is 10.0. The molecule has 0 atom stereocenters. The van der Waals surface area contributed by atoms with Crippen LogP contribution in [0.15, 0.2) is 24.3 Å². The van der Waals surface area contributed by atoms with Gasteiger partial charge in [-0.15, -0.1) is 0 Å². The number of carbonyl (C=O) groups excluding carboxylic acids is 1. The minimum Gasteiger partial charge on any atom is -0.464 e. The van der Waals surface area contributed by atoms with Gasteiger partial charge in [-0.25, -0.2) is 9.78 Å². The van der Waals surface area contributed by atoms with Gasteiger partial charge in [0.05, 0.1) is 18.3 Å². The molecule has 0 aliphatic rings. The first kappa shape index (κ1) is 12.7. The van der Waals surface area contributed by atoms with Gasteiger partial charge < -0.3 is 9.72 Å². The molecule has 0 aliphatic carbocycles. The van der Waals surface area contributed by atoms with E-state index in [-0.39, 0.29) is 5.97 Å². The number of ether oxygens (including phenoxy) is 1. The molecule has 4 heteroatoms. The van der Waals surface area contributed by atoms with Crippen LogP contribution >= 0.6 is 0 Å². The molecule has 20 heavy (non-hydrogen) atoms. The van der Waals surface area contributed by atoms with Crippen LogP contribution in [0.25, 0.3) is 21.8 Å². The number of hydrogen-bond donors (Lipinski definition) is 1. The van der Waals surface area contributed by atoms with Crippen LogP contribution < -0.4 is 0 Å². The van der Waals surface area contributed by atoms with E-state index in [1.807, 2.05) is 32.0 Å². The summed E-state index contributed by atoms with van der Waals surface area (Å²) in [5.74, 6) is -0.385. The predicted octanol–water partition coefficient (Wildman–Crippen LogP) is 3.37. The highest BCUT2D eigenvalue weighted by atomic mass is 16.5. The number of nitrogens with zero attached hydrogens (tertiary/aromatic N) is 1. The summed E-state index contributed by atoms with van der Waals surface area (Å²) < 4.78 is 4.84. The van der Waals surface area contributed by atoms with E-state index >= 15 is 0 Å². The second-order valence-corrected chi connectivity index (χ2v) is 4.80. The first-order valence-electron chi connectivity index (χ1n) is 6.65. The zero-order chi connectivity index (χ0) is 14.3. The molecule has 3 rings (SSSR count). The molecule has 0 radical (unpaired) electrons. The van der Waals surface area contributed by atoms with Crippen molar-refractivity contribution in [3.63, 3.8) is 0 Å². The van der Waals surface area contributed by atoms with Crippen LogP contribution in [0.5, 0.6) is 0 Å². The third-order valence-electron chi connectivity index (χ3n) is 3.69. The second kappa shape index (κ2) is 4.63. The molecular weight excluding hydrogens is 252 g/mol. The zero-order valence-electron chi connectivity index (χ0n) is 11.8. The van der Waals surface area contributed by atoms with Crippen LogP contribution in [0.4, 0.5) is 0 Å². The summed E-state index contributed by atoms with van der Waals surface area (Å²) in [7, 11) is 1.38. The maximum absolute atomic E-state index is 11.9. The van der Waals surface area contributed by atoms with E-state index in [1.54, 1.807) is 0 Å². The summed E-state index contributed by atoms with van der Waals surface area (Å²) >= 11 is 0. The number of methoxy groups -OCH3 is 1. The lowest BCUT2D eigenvalue weighted by Crippen LogP contribution is -2.09. The molecule has 0 bridgehead atoms. The van der Waals surface area contributed by atoms with E-state index in [9.17, 15) is 4.79 Å². The van der Waals surface area contributed by atoms with Gasteiger partial charge in [-0.2, -0.15) is 0 Å². The SMILES string of the molecule is CCc1nc(C(=O)OC)c(C)c2c1[nH]c1ccccc12. The number of nitrogens with one attached hydrogen (secondary N) is 1. The van der Waals surface area contributed by atoms with Crippen molar-refractivity contribution in [2.45, 2.75) is 20.3 Å². The van der Waals surface area contributed by atoms with Crippen molar-refractivity contribution in [2.75, 3.05) is 7.11 Å². The van der Waals surface area contributed by atoms with Crippen molar-refractivity contribution in [3.8, 4) is 0 Å². The highest BCUT2D eigenvalue weighted by Gasteiger charge is 2.19. The highest BCUT2D eigenvalue weighted by Crippen LogP contribution is 2.31. The number of para-hydroxylation sites is 1. The monoisotopic (exact) mass is 268 g/mol. The minimum atomic E-state index is -0.385. The van der Waals surface area contributed by atoms with E-state index in [1.165, 1.54) is 7.11 Å². The van der Waals surface area contributed by atoms with Crippen LogP contribution in [0.1, 0.15) is 28.7 Å². The van der Waals surface area contributed by atoms with Gasteiger partial charge in [-0.3, -0.25) is 0 Å². The Hall–Kier alpha value is -2.36. The van der Waals surface area contributed by atoms with Gasteiger partial charge in [0.1, 0.15) is 0 Å². The fourth-order valence-electron chi connectivity index (χ4n) is 2.69. The van der Waals surface area contributed by atoms with Gasteiger partial charge in [-0.05, 0) is 25.0 Å². The van der Waals surface area contributed by atoms with Crippen molar-refractivity contribution in [1.82, 2.24) is 9.97 Å². The fraction of sp³-hybridized carbons (Fsp3) is 0.250. The largest absolute Gasteiger partial charge is 0.464 e. The summed E-state index contributed by atoms with van der Waals surface area (Å²) in [4.78, 5) is 19.8. The molecule has 3 aromatic rings. The molecule has 2 heterocycles. The highest BCUT2D eigenvalue weighted by molar-refractivity contribution is 6.11. The van der Waals surface area contributed by atoms with Crippen LogP contribution in [0.2, 0.25) is 0 Å². The number of hydrogen-bond acceptors (Lipinski definition) is 3. The number of pyridine rings is 1. The number of esters is 1. The summed E-state index contributed by atoms with van der Waals surface area (Å²) in [6.45, 7) is 3.95. The molecule has 4 nitrogen and oxygen atoms in total. The Morgan fingerprint density at radius 2 is 2.10 bits per heavy atom. The average Bonchev–Trinajstić information content (AvgIpc) is 2.87. The first-order valence-corrected chi connectivity index (χ1v) is 6.65. The number of H-pyrrole nitrogens is 1.